The Kier molecular flexibility index (Phi) is 10.2. The van der Waals surface area contributed by atoms with E-state index in [1.165, 1.54) is 24.3 Å². The van der Waals surface area contributed by atoms with E-state index in [0.717, 1.165) is 0 Å². The molecule has 0 saturated carbocycles. The molecule has 2 aromatic carbocycles. The molecule has 4 heterocycles. The molecule has 0 radical (unpaired) electrons. The third-order valence-electron chi connectivity index (χ3n) is 7.05. The monoisotopic (exact) mass is 740 g/mol. The van der Waals surface area contributed by atoms with Gasteiger partial charge in [-0.15, -0.1) is 0 Å². The minimum atomic E-state index is -1.13. The Balaban J connectivity index is 1.26. The molecule has 0 unspecified atom stereocenters. The lowest BCUT2D eigenvalue weighted by molar-refractivity contribution is -0.385. The number of anilines is 2. The minimum Gasteiger partial charge on any atom is -0.346 e. The summed E-state index contributed by atoms with van der Waals surface area (Å²) in [6.45, 7) is -0.0234. The van der Waals surface area contributed by atoms with Gasteiger partial charge in [-0.1, -0.05) is 0 Å². The van der Waals surface area contributed by atoms with Crippen LogP contribution in [0.4, 0.5) is 23.3 Å². The lowest BCUT2D eigenvalue weighted by atomic mass is 10.0. The SMILES string of the molecule is O=[N+]([O-])c1ccc([C@@H]2O[C@H]([C@@H]3OC[C@H](Nc4nc(Cl)nc(Cl)n4)[C@H](c4ccc([N+](=O)[O-])cc4)O3)OC[C@@H]2Nc2nc(Cl)nc(Cl)n2)cc1. The van der Waals surface area contributed by atoms with Crippen LogP contribution in [0.5, 0.6) is 0 Å². The Morgan fingerprint density at radius 2 is 0.917 bits per heavy atom. The zero-order valence-electron chi connectivity index (χ0n) is 23.9. The molecule has 18 nitrogen and oxygen atoms in total. The summed E-state index contributed by atoms with van der Waals surface area (Å²) in [7, 11) is 0. The Morgan fingerprint density at radius 1 is 0.583 bits per heavy atom. The van der Waals surface area contributed by atoms with Gasteiger partial charge in [0.2, 0.25) is 45.6 Å². The van der Waals surface area contributed by atoms with Gasteiger partial charge >= 0.3 is 0 Å². The van der Waals surface area contributed by atoms with Crippen molar-refractivity contribution >= 4 is 69.7 Å². The number of benzene rings is 2. The van der Waals surface area contributed by atoms with Crippen LogP contribution in [-0.4, -0.2) is 77.6 Å². The second-order valence-electron chi connectivity index (χ2n) is 10.1. The Labute approximate surface area is 289 Å². The van der Waals surface area contributed by atoms with E-state index in [1.54, 1.807) is 24.3 Å². The summed E-state index contributed by atoms with van der Waals surface area (Å²) in [4.78, 5) is 45.2. The molecule has 48 heavy (non-hydrogen) atoms. The number of hydrogen-bond acceptors (Lipinski definition) is 16. The number of rotatable bonds is 9. The molecule has 2 aromatic heterocycles. The standard InChI is InChI=1S/C26H20Cl4N10O8/c27-21-33-22(28)36-25(35-21)31-15-9-45-19(47-17(15)11-1-5-13(6-2-11)39(41)42)20-46-10-16(32-26-37-23(29)34-24(30)38-26)18(48-20)12-3-7-14(8-4-12)40(43)44/h1-8,15-20H,9-10H2,(H,31,33,35,36)(H,32,34,37,38)/t15-,16-,17-,18-,19+,20+/m0/s1. The summed E-state index contributed by atoms with van der Waals surface area (Å²) < 4.78 is 24.8. The first-order chi connectivity index (χ1) is 23.0. The fraction of sp³-hybridized carbons (Fsp3) is 0.308. The maximum absolute atomic E-state index is 11.3. The predicted molar refractivity (Wildman–Crippen MR) is 168 cm³/mol. The lowest BCUT2D eigenvalue weighted by Crippen LogP contribution is -2.53. The molecule has 4 aromatic rings. The molecule has 6 atom stereocenters. The van der Waals surface area contributed by atoms with Crippen molar-refractivity contribution in [2.45, 2.75) is 36.9 Å². The summed E-state index contributed by atoms with van der Waals surface area (Å²) in [5, 5.41) is 28.1. The number of nitrogens with zero attached hydrogens (tertiary/aromatic N) is 8. The molecule has 2 aliphatic rings. The van der Waals surface area contributed by atoms with Gasteiger partial charge in [0.15, 0.2) is 0 Å². The molecule has 2 N–H and O–H groups in total. The van der Waals surface area contributed by atoms with Crippen molar-refractivity contribution in [3.8, 4) is 0 Å². The molecule has 2 saturated heterocycles. The van der Waals surface area contributed by atoms with Gasteiger partial charge in [-0.25, -0.2) is 0 Å². The van der Waals surface area contributed by atoms with Gasteiger partial charge in [-0.2, -0.15) is 29.9 Å². The van der Waals surface area contributed by atoms with Crippen LogP contribution in [0, 0.1) is 20.2 Å². The second-order valence-corrected chi connectivity index (χ2v) is 11.5. The van der Waals surface area contributed by atoms with Crippen LogP contribution in [0.15, 0.2) is 48.5 Å². The average Bonchev–Trinajstić information content (AvgIpc) is 3.04. The smallest absolute Gasteiger partial charge is 0.269 e. The van der Waals surface area contributed by atoms with Gasteiger partial charge in [0.1, 0.15) is 12.2 Å². The van der Waals surface area contributed by atoms with Crippen LogP contribution < -0.4 is 10.6 Å². The van der Waals surface area contributed by atoms with Gasteiger partial charge in [0.25, 0.3) is 11.4 Å². The van der Waals surface area contributed by atoms with Crippen molar-refractivity contribution in [3.63, 3.8) is 0 Å². The van der Waals surface area contributed by atoms with Gasteiger partial charge in [0.05, 0.1) is 35.1 Å². The normalized spacial score (nSPS) is 24.1. The molecule has 2 fully saturated rings. The first-order valence-electron chi connectivity index (χ1n) is 13.7. The minimum absolute atomic E-state index is 0.0117. The summed E-state index contributed by atoms with van der Waals surface area (Å²) in [6.07, 6.45) is -3.88. The first-order valence-corrected chi connectivity index (χ1v) is 15.2. The van der Waals surface area contributed by atoms with Crippen molar-refractivity contribution < 1.29 is 28.8 Å². The molecule has 2 aliphatic heterocycles. The fourth-order valence-corrected chi connectivity index (χ4v) is 5.68. The van der Waals surface area contributed by atoms with E-state index in [1.807, 2.05) is 0 Å². The van der Waals surface area contributed by atoms with Crippen molar-refractivity contribution in [2.75, 3.05) is 23.8 Å². The van der Waals surface area contributed by atoms with Crippen LogP contribution in [0.2, 0.25) is 21.1 Å². The molecule has 0 aliphatic carbocycles. The van der Waals surface area contributed by atoms with Crippen molar-refractivity contribution in [3.05, 3.63) is 101 Å². The summed E-state index contributed by atoms with van der Waals surface area (Å²) >= 11 is 23.8. The second kappa shape index (κ2) is 14.5. The van der Waals surface area contributed by atoms with Crippen LogP contribution in [0.3, 0.4) is 0 Å². The molecular weight excluding hydrogens is 722 g/mol. The molecule has 0 bridgehead atoms. The van der Waals surface area contributed by atoms with E-state index in [2.05, 4.69) is 40.5 Å². The number of hydrogen-bond donors (Lipinski definition) is 2. The number of nitro groups is 2. The summed E-state index contributed by atoms with van der Waals surface area (Å²) in [5.74, 6) is 0.0804. The average molecular weight is 742 g/mol. The molecule has 6 rings (SSSR count). The molecule has 0 spiro atoms. The lowest BCUT2D eigenvalue weighted by Gasteiger charge is -2.43. The first kappa shape index (κ1) is 33.7. The molecule has 0 amide bonds. The highest BCUT2D eigenvalue weighted by Gasteiger charge is 2.43. The van der Waals surface area contributed by atoms with Gasteiger partial charge < -0.3 is 29.6 Å². The van der Waals surface area contributed by atoms with Crippen molar-refractivity contribution in [1.82, 2.24) is 29.9 Å². The van der Waals surface area contributed by atoms with Crippen LogP contribution in [-0.2, 0) is 18.9 Å². The third kappa shape index (κ3) is 7.93. The topological polar surface area (TPSA) is 225 Å². The van der Waals surface area contributed by atoms with Gasteiger partial charge in [0, 0.05) is 24.3 Å². The third-order valence-corrected chi connectivity index (χ3v) is 7.73. The van der Waals surface area contributed by atoms with Crippen LogP contribution in [0.25, 0.3) is 0 Å². The maximum atomic E-state index is 11.3. The number of nitrogens with one attached hydrogen (secondary N) is 2. The van der Waals surface area contributed by atoms with E-state index >= 15 is 0 Å². The van der Waals surface area contributed by atoms with E-state index in [0.29, 0.717) is 11.1 Å². The zero-order valence-corrected chi connectivity index (χ0v) is 26.9. The van der Waals surface area contributed by atoms with Crippen LogP contribution in [0.1, 0.15) is 23.3 Å². The van der Waals surface area contributed by atoms with E-state index in [9.17, 15) is 20.2 Å². The van der Waals surface area contributed by atoms with Crippen LogP contribution >= 0.6 is 46.4 Å². The van der Waals surface area contributed by atoms with Crippen molar-refractivity contribution in [1.29, 1.82) is 0 Å². The van der Waals surface area contributed by atoms with E-state index in [-0.39, 0.29) is 57.6 Å². The highest BCUT2D eigenvalue weighted by Crippen LogP contribution is 2.37. The number of nitro benzene ring substituents is 2. The maximum Gasteiger partial charge on any atom is 0.269 e. The fourth-order valence-electron chi connectivity index (χ4n) is 4.95. The summed E-state index contributed by atoms with van der Waals surface area (Å²) in [6, 6.07) is 10.2. The zero-order chi connectivity index (χ0) is 33.9. The summed E-state index contributed by atoms with van der Waals surface area (Å²) in [5.41, 5.74) is 0.853. The van der Waals surface area contributed by atoms with E-state index in [4.69, 9.17) is 65.4 Å². The Hall–Kier alpha value is -4.14. The van der Waals surface area contributed by atoms with E-state index < -0.39 is 46.7 Å². The molecule has 22 heteroatoms. The number of ether oxygens (including phenoxy) is 4. The Morgan fingerprint density at radius 3 is 1.23 bits per heavy atom. The largest absolute Gasteiger partial charge is 0.346 e. The molecule has 250 valence electrons. The highest BCUT2D eigenvalue weighted by molar-refractivity contribution is 6.31. The van der Waals surface area contributed by atoms with Gasteiger partial charge in [-0.3, -0.25) is 20.2 Å². The number of aromatic nitrogens is 6. The molecular formula is C26H20Cl4N10O8. The predicted octanol–water partition coefficient (Wildman–Crippen LogP) is 4.98. The quantitative estimate of drug-likeness (QED) is 0.170. The number of halogens is 4. The van der Waals surface area contributed by atoms with Gasteiger partial charge in [-0.05, 0) is 81.8 Å². The number of non-ortho nitro benzene ring substituents is 2. The Bertz CT molecular complexity index is 1640. The highest BCUT2D eigenvalue weighted by atomic mass is 35.5. The van der Waals surface area contributed by atoms with Crippen molar-refractivity contribution in [2.24, 2.45) is 0 Å².